The number of rotatable bonds is 6. The van der Waals surface area contributed by atoms with Crippen molar-refractivity contribution in [3.05, 3.63) is 30.1 Å². The molecule has 1 aromatic rings. The SMILES string of the molecule is O=S1(=O)CCC(NCC(O)COc2ccccc2F)CC1. The number of hydrogen-bond donors (Lipinski definition) is 2. The van der Waals surface area contributed by atoms with Crippen LogP contribution in [0.5, 0.6) is 5.75 Å². The van der Waals surface area contributed by atoms with E-state index in [1.54, 1.807) is 12.1 Å². The molecule has 1 heterocycles. The Morgan fingerprint density at radius 3 is 2.67 bits per heavy atom. The fourth-order valence-corrected chi connectivity index (χ4v) is 3.69. The highest BCUT2D eigenvalue weighted by atomic mass is 32.2. The Balaban J connectivity index is 1.68. The topological polar surface area (TPSA) is 75.6 Å². The molecular weight excluding hydrogens is 297 g/mol. The number of nitrogens with one attached hydrogen (secondary N) is 1. The van der Waals surface area contributed by atoms with Gasteiger partial charge in [-0.25, -0.2) is 12.8 Å². The molecule has 1 aliphatic rings. The normalized spacial score (nSPS) is 20.1. The lowest BCUT2D eigenvalue weighted by Crippen LogP contribution is -2.42. The van der Waals surface area contributed by atoms with Gasteiger partial charge in [-0.15, -0.1) is 0 Å². The monoisotopic (exact) mass is 317 g/mol. The number of ether oxygens (including phenoxy) is 1. The first-order valence-corrected chi connectivity index (χ1v) is 8.77. The molecule has 0 amide bonds. The van der Waals surface area contributed by atoms with Gasteiger partial charge in [0.15, 0.2) is 11.6 Å². The van der Waals surface area contributed by atoms with E-state index in [9.17, 15) is 17.9 Å². The second-order valence-electron chi connectivity index (χ2n) is 5.23. The van der Waals surface area contributed by atoms with E-state index in [1.165, 1.54) is 12.1 Å². The summed E-state index contributed by atoms with van der Waals surface area (Å²) < 4.78 is 41.1. The summed E-state index contributed by atoms with van der Waals surface area (Å²) in [7, 11) is -2.87. The first-order valence-electron chi connectivity index (χ1n) is 6.95. The lowest BCUT2D eigenvalue weighted by Gasteiger charge is -2.24. The molecule has 1 unspecified atom stereocenters. The summed E-state index contributed by atoms with van der Waals surface area (Å²) in [6.07, 6.45) is 0.343. The van der Waals surface area contributed by atoms with Gasteiger partial charge < -0.3 is 15.2 Å². The van der Waals surface area contributed by atoms with Gasteiger partial charge in [0, 0.05) is 12.6 Å². The summed E-state index contributed by atoms with van der Waals surface area (Å²) in [5.41, 5.74) is 0. The number of benzene rings is 1. The van der Waals surface area contributed by atoms with Crippen LogP contribution in [0.4, 0.5) is 4.39 Å². The molecule has 1 saturated heterocycles. The number of sulfone groups is 1. The van der Waals surface area contributed by atoms with E-state index in [4.69, 9.17) is 4.74 Å². The van der Waals surface area contributed by atoms with Gasteiger partial charge in [-0.2, -0.15) is 0 Å². The van der Waals surface area contributed by atoms with Crippen LogP contribution in [0.1, 0.15) is 12.8 Å². The predicted octanol–water partition coefficient (Wildman–Crippen LogP) is 0.732. The molecule has 7 heteroatoms. The van der Waals surface area contributed by atoms with Crippen molar-refractivity contribution in [2.75, 3.05) is 24.7 Å². The number of aliphatic hydroxyl groups excluding tert-OH is 1. The zero-order valence-corrected chi connectivity index (χ0v) is 12.5. The highest BCUT2D eigenvalue weighted by molar-refractivity contribution is 7.91. The summed E-state index contributed by atoms with van der Waals surface area (Å²) in [6.45, 7) is 0.276. The summed E-state index contributed by atoms with van der Waals surface area (Å²) in [5.74, 6) is 0.0226. The van der Waals surface area contributed by atoms with Crippen LogP contribution in [-0.4, -0.2) is 50.3 Å². The summed E-state index contributed by atoms with van der Waals surface area (Å²) in [5, 5.41) is 12.9. The molecule has 1 aliphatic heterocycles. The second-order valence-corrected chi connectivity index (χ2v) is 7.53. The Bertz CT molecular complexity index is 550. The second kappa shape index (κ2) is 7.20. The van der Waals surface area contributed by atoms with Gasteiger partial charge in [0.25, 0.3) is 0 Å². The van der Waals surface area contributed by atoms with Crippen molar-refractivity contribution in [3.8, 4) is 5.75 Å². The molecule has 0 spiro atoms. The van der Waals surface area contributed by atoms with Crippen LogP contribution in [0.15, 0.2) is 24.3 Å². The molecule has 1 atom stereocenters. The van der Waals surface area contributed by atoms with Crippen molar-refractivity contribution in [1.82, 2.24) is 5.32 Å². The fourth-order valence-electron chi connectivity index (χ4n) is 2.20. The predicted molar refractivity (Wildman–Crippen MR) is 77.6 cm³/mol. The van der Waals surface area contributed by atoms with Gasteiger partial charge in [-0.3, -0.25) is 0 Å². The van der Waals surface area contributed by atoms with E-state index in [0.717, 1.165) is 0 Å². The van der Waals surface area contributed by atoms with Crippen LogP contribution in [0.2, 0.25) is 0 Å². The number of para-hydroxylation sites is 1. The van der Waals surface area contributed by atoms with Crippen LogP contribution in [0.25, 0.3) is 0 Å². The molecule has 21 heavy (non-hydrogen) atoms. The highest BCUT2D eigenvalue weighted by Gasteiger charge is 2.23. The third-order valence-electron chi connectivity index (χ3n) is 3.46. The zero-order valence-electron chi connectivity index (χ0n) is 11.7. The molecule has 1 fully saturated rings. The maximum absolute atomic E-state index is 13.3. The van der Waals surface area contributed by atoms with Crippen molar-refractivity contribution in [2.24, 2.45) is 0 Å². The molecule has 0 aliphatic carbocycles. The average molecular weight is 317 g/mol. The van der Waals surface area contributed by atoms with Crippen LogP contribution in [-0.2, 0) is 9.84 Å². The van der Waals surface area contributed by atoms with E-state index >= 15 is 0 Å². The Morgan fingerprint density at radius 2 is 2.00 bits per heavy atom. The van der Waals surface area contributed by atoms with Crippen molar-refractivity contribution in [2.45, 2.75) is 25.0 Å². The highest BCUT2D eigenvalue weighted by Crippen LogP contribution is 2.15. The van der Waals surface area contributed by atoms with Gasteiger partial charge in [-0.1, -0.05) is 12.1 Å². The zero-order chi connectivity index (χ0) is 15.3. The molecule has 118 valence electrons. The van der Waals surface area contributed by atoms with Crippen molar-refractivity contribution >= 4 is 9.84 Å². The molecule has 0 radical (unpaired) electrons. The first kappa shape index (κ1) is 16.2. The quantitative estimate of drug-likeness (QED) is 0.809. The molecule has 0 saturated carbocycles. The smallest absolute Gasteiger partial charge is 0.165 e. The van der Waals surface area contributed by atoms with Gasteiger partial charge in [0.1, 0.15) is 22.5 Å². The average Bonchev–Trinajstić information content (AvgIpc) is 2.45. The third kappa shape index (κ3) is 5.26. The Kier molecular flexibility index (Phi) is 5.55. The Morgan fingerprint density at radius 1 is 1.33 bits per heavy atom. The molecule has 5 nitrogen and oxygen atoms in total. The van der Waals surface area contributed by atoms with Crippen molar-refractivity contribution in [3.63, 3.8) is 0 Å². The minimum absolute atomic E-state index is 0.0149. The molecular formula is C14H20FNO4S. The van der Waals surface area contributed by atoms with Crippen molar-refractivity contribution < 1.29 is 22.7 Å². The largest absolute Gasteiger partial charge is 0.488 e. The van der Waals surface area contributed by atoms with Crippen LogP contribution in [0.3, 0.4) is 0 Å². The van der Waals surface area contributed by atoms with E-state index in [1.807, 2.05) is 0 Å². The fraction of sp³-hybridized carbons (Fsp3) is 0.571. The summed E-state index contributed by atoms with van der Waals surface area (Å²) in [6, 6.07) is 6.11. The molecule has 2 N–H and O–H groups in total. The maximum Gasteiger partial charge on any atom is 0.165 e. The number of halogens is 1. The third-order valence-corrected chi connectivity index (χ3v) is 5.18. The number of aliphatic hydroxyl groups is 1. The van der Waals surface area contributed by atoms with Gasteiger partial charge in [0.2, 0.25) is 0 Å². The van der Waals surface area contributed by atoms with Crippen LogP contribution >= 0.6 is 0 Å². The summed E-state index contributed by atoms with van der Waals surface area (Å²) >= 11 is 0. The minimum atomic E-state index is -2.87. The first-order chi connectivity index (χ1) is 9.96. The number of hydrogen-bond acceptors (Lipinski definition) is 5. The lowest BCUT2D eigenvalue weighted by molar-refractivity contribution is 0.101. The van der Waals surface area contributed by atoms with Gasteiger partial charge >= 0.3 is 0 Å². The lowest BCUT2D eigenvalue weighted by atomic mass is 10.1. The Hall–Kier alpha value is -1.18. The van der Waals surface area contributed by atoms with E-state index in [-0.39, 0.29) is 29.9 Å². The summed E-state index contributed by atoms with van der Waals surface area (Å²) in [4.78, 5) is 0. The standard InChI is InChI=1S/C14H20FNO4S/c15-13-3-1-2-4-14(13)20-10-12(17)9-16-11-5-7-21(18,19)8-6-11/h1-4,11-12,16-17H,5-10H2. The minimum Gasteiger partial charge on any atom is -0.488 e. The molecule has 0 aromatic heterocycles. The van der Waals surface area contributed by atoms with Crippen molar-refractivity contribution in [1.29, 1.82) is 0 Å². The van der Waals surface area contributed by atoms with Crippen LogP contribution < -0.4 is 10.1 Å². The maximum atomic E-state index is 13.3. The molecule has 0 bridgehead atoms. The van der Waals surface area contributed by atoms with E-state index in [0.29, 0.717) is 19.4 Å². The van der Waals surface area contributed by atoms with Gasteiger partial charge in [0.05, 0.1) is 11.5 Å². The van der Waals surface area contributed by atoms with E-state index in [2.05, 4.69) is 5.32 Å². The van der Waals surface area contributed by atoms with E-state index < -0.39 is 21.8 Å². The van der Waals surface area contributed by atoms with Gasteiger partial charge in [-0.05, 0) is 25.0 Å². The van der Waals surface area contributed by atoms with Crippen LogP contribution in [0, 0.1) is 5.82 Å². The molecule has 1 aromatic carbocycles. The Labute approximate surface area is 124 Å². The molecule has 2 rings (SSSR count).